The number of nitrogens with zero attached hydrogens (tertiary/aromatic N) is 1. The van der Waals surface area contributed by atoms with Crippen LogP contribution in [0.4, 0.5) is 0 Å². The summed E-state index contributed by atoms with van der Waals surface area (Å²) in [5, 5.41) is 4.69. The van der Waals surface area contributed by atoms with E-state index in [0.29, 0.717) is 13.2 Å². The van der Waals surface area contributed by atoms with Gasteiger partial charge in [0, 0.05) is 0 Å². The lowest BCUT2D eigenvalue weighted by atomic mass is 10.1. The third kappa shape index (κ3) is 3.05. The van der Waals surface area contributed by atoms with E-state index in [1.165, 1.54) is 0 Å². The van der Waals surface area contributed by atoms with Crippen molar-refractivity contribution in [3.05, 3.63) is 35.9 Å². The van der Waals surface area contributed by atoms with Gasteiger partial charge >= 0.3 is 0 Å². The highest BCUT2D eigenvalue weighted by Gasteiger charge is 2.42. The number of nitrogens with one attached hydrogen (secondary N) is 1. The van der Waals surface area contributed by atoms with Crippen LogP contribution < -0.4 is 5.32 Å². The average molecular weight is 234 g/mol. The summed E-state index contributed by atoms with van der Waals surface area (Å²) < 4.78 is 0. The van der Waals surface area contributed by atoms with Crippen LogP contribution in [-0.2, 0) is 9.63 Å². The van der Waals surface area contributed by atoms with Gasteiger partial charge in [-0.05, 0) is 19.4 Å². The van der Waals surface area contributed by atoms with Crippen molar-refractivity contribution >= 4 is 5.91 Å². The summed E-state index contributed by atoms with van der Waals surface area (Å²) >= 11 is 0. The number of hydrogen-bond donors (Lipinski definition) is 1. The van der Waals surface area contributed by atoms with Crippen LogP contribution >= 0.6 is 0 Å². The molecule has 1 fully saturated rings. The van der Waals surface area contributed by atoms with Crippen molar-refractivity contribution in [2.45, 2.75) is 25.9 Å². The Balaban J connectivity index is 1.84. The molecule has 1 aliphatic heterocycles. The third-order valence-corrected chi connectivity index (χ3v) is 2.82. The molecule has 0 aliphatic carbocycles. The maximum absolute atomic E-state index is 11.8. The number of hydrogen-bond acceptors (Lipinski definition) is 3. The van der Waals surface area contributed by atoms with E-state index in [0.717, 1.165) is 5.56 Å². The van der Waals surface area contributed by atoms with E-state index in [2.05, 4.69) is 5.32 Å². The molecule has 17 heavy (non-hydrogen) atoms. The Kier molecular flexibility index (Phi) is 3.76. The van der Waals surface area contributed by atoms with Crippen LogP contribution in [-0.4, -0.2) is 30.2 Å². The van der Waals surface area contributed by atoms with Crippen LogP contribution in [0.25, 0.3) is 0 Å². The van der Waals surface area contributed by atoms with Gasteiger partial charge in [-0.3, -0.25) is 9.63 Å². The first kappa shape index (κ1) is 12.1. The smallest absolute Gasteiger partial charge is 0.241 e. The highest BCUT2D eigenvalue weighted by atomic mass is 16.7. The molecule has 92 valence electrons. The molecular formula is C13H18N2O2. The second-order valence-electron chi connectivity index (χ2n) is 4.17. The number of rotatable bonds is 5. The molecule has 4 heteroatoms. The molecule has 0 bridgehead atoms. The summed E-state index contributed by atoms with van der Waals surface area (Å²) in [7, 11) is 0. The van der Waals surface area contributed by atoms with E-state index in [4.69, 9.17) is 4.84 Å². The van der Waals surface area contributed by atoms with Crippen molar-refractivity contribution in [1.29, 1.82) is 0 Å². The molecule has 3 unspecified atom stereocenters. The van der Waals surface area contributed by atoms with Crippen LogP contribution in [0.5, 0.6) is 0 Å². The molecule has 1 aromatic carbocycles. The normalized spacial score (nSPS) is 24.1. The van der Waals surface area contributed by atoms with Gasteiger partial charge in [-0.1, -0.05) is 30.3 Å². The zero-order valence-corrected chi connectivity index (χ0v) is 10.2. The Bertz CT molecular complexity index is 380. The molecule has 4 nitrogen and oxygen atoms in total. The minimum atomic E-state index is -0.110. The van der Waals surface area contributed by atoms with E-state index in [9.17, 15) is 4.79 Å². The monoisotopic (exact) mass is 234 g/mol. The van der Waals surface area contributed by atoms with E-state index in [1.807, 2.05) is 44.2 Å². The zero-order valence-electron chi connectivity index (χ0n) is 10.2. The summed E-state index contributed by atoms with van der Waals surface area (Å²) in [6.07, 6.45) is 0. The standard InChI is InChI=1S/C13H18N2O2/c1-3-17-15-9-12(15)13(16)14-10(2)11-7-5-4-6-8-11/h4-8,10,12H,3,9H2,1-2H3,(H,14,16). The van der Waals surface area contributed by atoms with Crippen molar-refractivity contribution < 1.29 is 9.63 Å². The summed E-state index contributed by atoms with van der Waals surface area (Å²) in [5.41, 5.74) is 1.12. The molecule has 1 heterocycles. The Labute approximate surface area is 102 Å². The average Bonchev–Trinajstić information content (AvgIpc) is 3.10. The van der Waals surface area contributed by atoms with Gasteiger partial charge in [0.2, 0.25) is 5.91 Å². The molecule has 1 saturated heterocycles. The van der Waals surface area contributed by atoms with Crippen LogP contribution in [0.2, 0.25) is 0 Å². The van der Waals surface area contributed by atoms with Gasteiger partial charge in [0.1, 0.15) is 6.04 Å². The first-order chi connectivity index (χ1) is 8.22. The van der Waals surface area contributed by atoms with Crippen LogP contribution in [0, 0.1) is 0 Å². The lowest BCUT2D eigenvalue weighted by molar-refractivity contribution is -0.128. The minimum Gasteiger partial charge on any atom is -0.348 e. The molecule has 0 aromatic heterocycles. The van der Waals surface area contributed by atoms with E-state index >= 15 is 0 Å². The Morgan fingerprint density at radius 3 is 2.88 bits per heavy atom. The Hall–Kier alpha value is -1.39. The van der Waals surface area contributed by atoms with Crippen molar-refractivity contribution in [3.8, 4) is 0 Å². The van der Waals surface area contributed by atoms with Crippen molar-refractivity contribution in [3.63, 3.8) is 0 Å². The Morgan fingerprint density at radius 2 is 2.24 bits per heavy atom. The maximum Gasteiger partial charge on any atom is 0.241 e. The minimum absolute atomic E-state index is 0.0350. The zero-order chi connectivity index (χ0) is 12.3. The highest BCUT2D eigenvalue weighted by Crippen LogP contribution is 2.19. The molecule has 1 amide bonds. The van der Waals surface area contributed by atoms with E-state index in [-0.39, 0.29) is 18.0 Å². The number of carbonyl (C=O) groups is 1. The van der Waals surface area contributed by atoms with Crippen LogP contribution in [0.1, 0.15) is 25.5 Å². The number of amides is 1. The predicted octanol–water partition coefficient (Wildman–Crippen LogP) is 1.50. The number of carbonyl (C=O) groups excluding carboxylic acids is 1. The molecule has 0 spiro atoms. The molecule has 0 saturated carbocycles. The highest BCUT2D eigenvalue weighted by molar-refractivity contribution is 5.84. The molecule has 2 rings (SSSR count). The maximum atomic E-state index is 11.8. The number of benzene rings is 1. The molecular weight excluding hydrogens is 216 g/mol. The summed E-state index contributed by atoms with van der Waals surface area (Å²) in [4.78, 5) is 17.1. The van der Waals surface area contributed by atoms with Gasteiger partial charge in [0.15, 0.2) is 0 Å². The summed E-state index contributed by atoms with van der Waals surface area (Å²) in [5.74, 6) is 0.0369. The fourth-order valence-electron chi connectivity index (χ4n) is 1.78. The van der Waals surface area contributed by atoms with Gasteiger partial charge in [-0.25, -0.2) is 0 Å². The largest absolute Gasteiger partial charge is 0.348 e. The van der Waals surface area contributed by atoms with Gasteiger partial charge in [-0.2, -0.15) is 5.06 Å². The summed E-state index contributed by atoms with van der Waals surface area (Å²) in [6, 6.07) is 9.86. The topological polar surface area (TPSA) is 41.3 Å². The lowest BCUT2D eigenvalue weighted by Crippen LogP contribution is -2.32. The molecule has 1 aliphatic rings. The van der Waals surface area contributed by atoms with Crippen LogP contribution in [0.3, 0.4) is 0 Å². The van der Waals surface area contributed by atoms with Gasteiger partial charge < -0.3 is 5.32 Å². The van der Waals surface area contributed by atoms with Crippen molar-refractivity contribution in [2.75, 3.05) is 13.2 Å². The molecule has 3 atom stereocenters. The van der Waals surface area contributed by atoms with Crippen LogP contribution in [0.15, 0.2) is 30.3 Å². The second-order valence-corrected chi connectivity index (χ2v) is 4.17. The van der Waals surface area contributed by atoms with Gasteiger partial charge in [0.05, 0.1) is 19.2 Å². The lowest BCUT2D eigenvalue weighted by Gasteiger charge is -2.14. The van der Waals surface area contributed by atoms with E-state index in [1.54, 1.807) is 5.06 Å². The van der Waals surface area contributed by atoms with Gasteiger partial charge in [-0.15, -0.1) is 0 Å². The fraction of sp³-hybridized carbons (Fsp3) is 0.462. The predicted molar refractivity (Wildman–Crippen MR) is 65.1 cm³/mol. The first-order valence-electron chi connectivity index (χ1n) is 5.97. The quantitative estimate of drug-likeness (QED) is 0.785. The van der Waals surface area contributed by atoms with Crippen molar-refractivity contribution in [2.24, 2.45) is 0 Å². The third-order valence-electron chi connectivity index (χ3n) is 2.82. The first-order valence-corrected chi connectivity index (χ1v) is 5.97. The van der Waals surface area contributed by atoms with Gasteiger partial charge in [0.25, 0.3) is 0 Å². The Morgan fingerprint density at radius 1 is 1.53 bits per heavy atom. The SMILES string of the molecule is CCON1CC1C(=O)NC(C)c1ccccc1. The second kappa shape index (κ2) is 5.29. The van der Waals surface area contributed by atoms with Crippen molar-refractivity contribution in [1.82, 2.24) is 10.4 Å². The van der Waals surface area contributed by atoms with E-state index < -0.39 is 0 Å². The molecule has 1 aromatic rings. The fourth-order valence-corrected chi connectivity index (χ4v) is 1.78. The molecule has 0 radical (unpaired) electrons. The molecule has 1 N–H and O–H groups in total. The summed E-state index contributed by atoms with van der Waals surface area (Å²) in [6.45, 7) is 5.21. The number of hydroxylamine groups is 2.